The molecule has 1 atom stereocenters. The van der Waals surface area contributed by atoms with Crippen LogP contribution in [0.4, 0.5) is 4.39 Å². The molecule has 4 heteroatoms. The van der Waals surface area contributed by atoms with Crippen LogP contribution in [-0.2, 0) is 16.1 Å². The molecule has 0 fully saturated rings. The van der Waals surface area contributed by atoms with Crippen molar-refractivity contribution in [2.75, 3.05) is 6.61 Å². The third-order valence-electron chi connectivity index (χ3n) is 4.25. The van der Waals surface area contributed by atoms with E-state index in [-0.39, 0.29) is 11.7 Å². The van der Waals surface area contributed by atoms with Gasteiger partial charge in [0.1, 0.15) is 11.9 Å². The number of nitrogens with one attached hydrogen (secondary N) is 1. The Morgan fingerprint density at radius 3 is 2.56 bits per heavy atom. The summed E-state index contributed by atoms with van der Waals surface area (Å²) in [5.41, 5.74) is 4.24. The summed E-state index contributed by atoms with van der Waals surface area (Å²) in [5, 5.41) is 2.94. The van der Waals surface area contributed by atoms with Crippen LogP contribution in [0, 0.1) is 12.7 Å². The Bertz CT molecular complexity index is 807. The van der Waals surface area contributed by atoms with Crippen LogP contribution in [0.2, 0.25) is 0 Å². The number of ether oxygens (including phenoxy) is 1. The second-order valence-corrected chi connectivity index (χ2v) is 6.05. The van der Waals surface area contributed by atoms with Crippen LogP contribution in [0.25, 0.3) is 0 Å². The second-order valence-electron chi connectivity index (χ2n) is 6.05. The summed E-state index contributed by atoms with van der Waals surface area (Å²) in [6, 6.07) is 14.0. The summed E-state index contributed by atoms with van der Waals surface area (Å²) in [6.45, 7) is 6.54. The van der Waals surface area contributed by atoms with Crippen molar-refractivity contribution in [2.24, 2.45) is 0 Å². The van der Waals surface area contributed by atoms with Gasteiger partial charge in [0.15, 0.2) is 0 Å². The molecule has 1 heterocycles. The third kappa shape index (κ3) is 3.86. The molecule has 2 aromatic rings. The molecular formula is C21H20FNO2. The fraction of sp³-hybridized carbons (Fsp3) is 0.190. The zero-order valence-corrected chi connectivity index (χ0v) is 14.1. The fourth-order valence-corrected chi connectivity index (χ4v) is 2.82. The van der Waals surface area contributed by atoms with E-state index in [0.717, 1.165) is 16.7 Å². The van der Waals surface area contributed by atoms with Crippen molar-refractivity contribution in [1.82, 2.24) is 5.32 Å². The van der Waals surface area contributed by atoms with Gasteiger partial charge in [0.05, 0.1) is 12.2 Å². The zero-order valence-electron chi connectivity index (χ0n) is 14.1. The minimum absolute atomic E-state index is 0.192. The van der Waals surface area contributed by atoms with Crippen LogP contribution < -0.4 is 5.32 Å². The van der Waals surface area contributed by atoms with Gasteiger partial charge in [0, 0.05) is 6.54 Å². The van der Waals surface area contributed by atoms with Crippen molar-refractivity contribution in [2.45, 2.75) is 19.6 Å². The van der Waals surface area contributed by atoms with Crippen molar-refractivity contribution in [3.63, 3.8) is 0 Å². The summed E-state index contributed by atoms with van der Waals surface area (Å²) in [4.78, 5) is 12.7. The van der Waals surface area contributed by atoms with Crippen molar-refractivity contribution in [1.29, 1.82) is 0 Å². The lowest BCUT2D eigenvalue weighted by Gasteiger charge is -2.15. The first-order valence-corrected chi connectivity index (χ1v) is 8.15. The van der Waals surface area contributed by atoms with Gasteiger partial charge < -0.3 is 10.1 Å². The van der Waals surface area contributed by atoms with E-state index in [0.29, 0.717) is 18.7 Å². The number of carbonyl (C=O) groups excluding carboxylic acids is 1. The van der Waals surface area contributed by atoms with Gasteiger partial charge in [-0.1, -0.05) is 54.6 Å². The average Bonchev–Trinajstić information content (AvgIpc) is 3.06. The van der Waals surface area contributed by atoms with Crippen molar-refractivity contribution in [3.05, 3.63) is 94.8 Å². The summed E-state index contributed by atoms with van der Waals surface area (Å²) in [5.74, 6) is -0.512. The molecule has 3 nitrogen and oxygen atoms in total. The van der Waals surface area contributed by atoms with Crippen LogP contribution in [0.1, 0.15) is 22.8 Å². The number of aryl methyl sites for hydroxylation is 1. The lowest BCUT2D eigenvalue weighted by atomic mass is 9.98. The van der Waals surface area contributed by atoms with Gasteiger partial charge in [-0.25, -0.2) is 4.39 Å². The molecule has 1 aliphatic heterocycles. The Morgan fingerprint density at radius 2 is 1.92 bits per heavy atom. The highest BCUT2D eigenvalue weighted by Gasteiger charge is 2.31. The number of carbonyl (C=O) groups is 1. The minimum Gasteiger partial charge on any atom is -0.364 e. The predicted molar refractivity (Wildman–Crippen MR) is 95.3 cm³/mol. The van der Waals surface area contributed by atoms with E-state index in [9.17, 15) is 9.18 Å². The highest BCUT2D eigenvalue weighted by molar-refractivity contribution is 5.96. The first-order chi connectivity index (χ1) is 12.1. The predicted octanol–water partition coefficient (Wildman–Crippen LogP) is 4.00. The molecule has 0 aliphatic carbocycles. The minimum atomic E-state index is -0.508. The lowest BCUT2D eigenvalue weighted by molar-refractivity contribution is -0.118. The van der Waals surface area contributed by atoms with Gasteiger partial charge in [0.25, 0.3) is 5.91 Å². The van der Waals surface area contributed by atoms with E-state index < -0.39 is 6.10 Å². The Morgan fingerprint density at radius 1 is 1.24 bits per heavy atom. The van der Waals surface area contributed by atoms with E-state index in [1.54, 1.807) is 18.2 Å². The molecule has 25 heavy (non-hydrogen) atoms. The van der Waals surface area contributed by atoms with E-state index in [1.807, 2.05) is 31.2 Å². The summed E-state index contributed by atoms with van der Waals surface area (Å²) in [6.07, 6.45) is 1.14. The zero-order chi connectivity index (χ0) is 17.8. The molecule has 128 valence electrons. The smallest absolute Gasteiger partial charge is 0.250 e. The number of amides is 1. The number of rotatable bonds is 5. The average molecular weight is 337 g/mol. The van der Waals surface area contributed by atoms with E-state index in [1.165, 1.54) is 17.7 Å². The van der Waals surface area contributed by atoms with E-state index >= 15 is 0 Å². The van der Waals surface area contributed by atoms with Gasteiger partial charge >= 0.3 is 0 Å². The Labute approximate surface area is 146 Å². The van der Waals surface area contributed by atoms with E-state index in [2.05, 4.69) is 11.9 Å². The number of benzene rings is 2. The van der Waals surface area contributed by atoms with Crippen LogP contribution in [0.5, 0.6) is 0 Å². The molecule has 2 aromatic carbocycles. The van der Waals surface area contributed by atoms with Crippen molar-refractivity contribution < 1.29 is 13.9 Å². The quantitative estimate of drug-likeness (QED) is 0.895. The highest BCUT2D eigenvalue weighted by atomic mass is 19.1. The molecule has 1 aliphatic rings. The van der Waals surface area contributed by atoms with Crippen LogP contribution in [0.3, 0.4) is 0 Å². The van der Waals surface area contributed by atoms with Crippen LogP contribution in [0.15, 0.2) is 72.3 Å². The largest absolute Gasteiger partial charge is 0.364 e. The topological polar surface area (TPSA) is 38.3 Å². The molecule has 0 saturated carbocycles. The molecule has 1 N–H and O–H groups in total. The first kappa shape index (κ1) is 17.1. The van der Waals surface area contributed by atoms with E-state index in [4.69, 9.17) is 4.74 Å². The van der Waals surface area contributed by atoms with Gasteiger partial charge in [0.2, 0.25) is 0 Å². The summed E-state index contributed by atoms with van der Waals surface area (Å²) in [7, 11) is 0. The van der Waals surface area contributed by atoms with Gasteiger partial charge in [-0.15, -0.1) is 0 Å². The summed E-state index contributed by atoms with van der Waals surface area (Å²) < 4.78 is 18.9. The normalized spacial score (nSPS) is 16.8. The number of hydrogen-bond donors (Lipinski definition) is 1. The molecule has 1 unspecified atom stereocenters. The van der Waals surface area contributed by atoms with Crippen LogP contribution >= 0.6 is 0 Å². The lowest BCUT2D eigenvalue weighted by Crippen LogP contribution is -2.27. The van der Waals surface area contributed by atoms with Crippen molar-refractivity contribution >= 4 is 5.91 Å². The number of hydrogen-bond acceptors (Lipinski definition) is 2. The third-order valence-corrected chi connectivity index (χ3v) is 4.25. The van der Waals surface area contributed by atoms with Crippen molar-refractivity contribution in [3.8, 4) is 0 Å². The second kappa shape index (κ2) is 7.45. The summed E-state index contributed by atoms with van der Waals surface area (Å²) >= 11 is 0. The molecule has 0 aromatic heterocycles. The van der Waals surface area contributed by atoms with Gasteiger partial charge in [-0.3, -0.25) is 4.79 Å². The molecule has 3 rings (SSSR count). The first-order valence-electron chi connectivity index (χ1n) is 8.15. The standard InChI is InChI=1S/C21H20FNO2/c1-3-16-13-25-20(17-8-10-18(22)11-9-17)19(16)21(24)23-12-15-6-4-14(2)5-7-15/h3-11,20H,1,12-13H2,2H3,(H,23,24). The maximum atomic E-state index is 13.2. The molecule has 1 amide bonds. The highest BCUT2D eigenvalue weighted by Crippen LogP contribution is 2.35. The molecule has 0 spiro atoms. The monoisotopic (exact) mass is 337 g/mol. The molecule has 0 saturated heterocycles. The van der Waals surface area contributed by atoms with Crippen LogP contribution in [-0.4, -0.2) is 12.5 Å². The number of halogens is 1. The fourth-order valence-electron chi connectivity index (χ4n) is 2.82. The molecule has 0 radical (unpaired) electrons. The van der Waals surface area contributed by atoms with Gasteiger partial charge in [-0.05, 0) is 35.8 Å². The SMILES string of the molecule is C=CC1=C(C(=O)NCc2ccc(C)cc2)C(c2ccc(F)cc2)OC1. The Balaban J connectivity index is 1.78. The van der Waals surface area contributed by atoms with Gasteiger partial charge in [-0.2, -0.15) is 0 Å². The molecular weight excluding hydrogens is 317 g/mol. The maximum Gasteiger partial charge on any atom is 0.250 e. The Kier molecular flexibility index (Phi) is 5.10. The Hall–Kier alpha value is -2.72. The maximum absolute atomic E-state index is 13.2. The molecule has 0 bridgehead atoms.